The molecule has 0 saturated carbocycles. The van der Waals surface area contributed by atoms with Crippen LogP contribution in [0.2, 0.25) is 5.02 Å². The summed E-state index contributed by atoms with van der Waals surface area (Å²) in [7, 11) is -3.70. The van der Waals surface area contributed by atoms with Crippen LogP contribution in [-0.2, 0) is 20.0 Å². The average Bonchev–Trinajstić information content (AvgIpc) is 3.09. The fourth-order valence-electron chi connectivity index (χ4n) is 2.83. The topological polar surface area (TPSA) is 69.4 Å². The van der Waals surface area contributed by atoms with E-state index >= 15 is 0 Å². The number of ether oxygens (including phenoxy) is 1. The summed E-state index contributed by atoms with van der Waals surface area (Å²) in [6.45, 7) is 16.5. The molecule has 0 aliphatic carbocycles. The van der Waals surface area contributed by atoms with E-state index in [9.17, 15) is 8.42 Å². The van der Waals surface area contributed by atoms with E-state index in [2.05, 4.69) is 4.98 Å². The standard InChI is InChI=1S/C17H22ClNO4S.2C2H6/c1-16(2,3)15-19-12-6-5-11(18)14(13(12)23-15)24(20,21)17(4)7-9-22-10-8-17;2*1-2/h5-6H,7-10H2,1-4H3;2*1-2H3. The Hall–Kier alpha value is -1.11. The molecule has 1 aliphatic heterocycles. The van der Waals surface area contributed by atoms with Crippen molar-refractivity contribution in [2.45, 2.75) is 83.3 Å². The maximum atomic E-state index is 13.4. The van der Waals surface area contributed by atoms with Gasteiger partial charge in [-0.3, -0.25) is 0 Å². The molecule has 0 bridgehead atoms. The van der Waals surface area contributed by atoms with Gasteiger partial charge in [-0.2, -0.15) is 0 Å². The molecule has 2 aromatic rings. The molecule has 3 rings (SSSR count). The lowest BCUT2D eigenvalue weighted by Crippen LogP contribution is -2.41. The van der Waals surface area contributed by atoms with Gasteiger partial charge in [-0.05, 0) is 31.9 Å². The van der Waals surface area contributed by atoms with Crippen LogP contribution < -0.4 is 0 Å². The summed E-state index contributed by atoms with van der Waals surface area (Å²) in [5, 5.41) is 0.173. The summed E-state index contributed by atoms with van der Waals surface area (Å²) < 4.78 is 37.0. The average molecular weight is 432 g/mol. The quantitative estimate of drug-likeness (QED) is 0.568. The molecule has 1 aliphatic rings. The Morgan fingerprint density at radius 1 is 1.07 bits per heavy atom. The third-order valence-electron chi connectivity index (χ3n) is 4.57. The highest BCUT2D eigenvalue weighted by molar-refractivity contribution is 7.93. The molecule has 0 amide bonds. The molecular formula is C21H34ClNO4S. The van der Waals surface area contributed by atoms with E-state index in [1.807, 2.05) is 48.5 Å². The van der Waals surface area contributed by atoms with Crippen molar-refractivity contribution in [3.05, 3.63) is 23.0 Å². The van der Waals surface area contributed by atoms with Crippen LogP contribution in [0.4, 0.5) is 0 Å². The smallest absolute Gasteiger partial charge is 0.200 e. The Morgan fingerprint density at radius 2 is 1.61 bits per heavy atom. The van der Waals surface area contributed by atoms with Gasteiger partial charge in [0.2, 0.25) is 5.89 Å². The van der Waals surface area contributed by atoms with Gasteiger partial charge >= 0.3 is 0 Å². The molecule has 160 valence electrons. The van der Waals surface area contributed by atoms with Gasteiger partial charge in [0.05, 0.1) is 9.77 Å². The molecule has 1 aromatic carbocycles. The second-order valence-corrected chi connectivity index (χ2v) is 10.4. The van der Waals surface area contributed by atoms with Crippen LogP contribution >= 0.6 is 11.6 Å². The first-order valence-corrected chi connectivity index (χ1v) is 11.8. The predicted molar refractivity (Wildman–Crippen MR) is 116 cm³/mol. The van der Waals surface area contributed by atoms with E-state index in [-0.39, 0.29) is 20.9 Å². The third-order valence-corrected chi connectivity index (χ3v) is 7.65. The van der Waals surface area contributed by atoms with Crippen LogP contribution in [0.3, 0.4) is 0 Å². The number of rotatable bonds is 2. The fraction of sp³-hybridized carbons (Fsp3) is 0.667. The fourth-order valence-corrected chi connectivity index (χ4v) is 5.20. The second kappa shape index (κ2) is 9.59. The SMILES string of the molecule is CC.CC.CC(C)(C)c1nc2ccc(Cl)c(S(=O)(=O)C3(C)CCOCC3)c2o1. The maximum absolute atomic E-state index is 13.4. The Morgan fingerprint density at radius 3 is 2.11 bits per heavy atom. The van der Waals surface area contributed by atoms with Crippen molar-refractivity contribution in [1.29, 1.82) is 0 Å². The Labute approximate surface area is 174 Å². The normalized spacial score (nSPS) is 16.6. The van der Waals surface area contributed by atoms with Crippen molar-refractivity contribution < 1.29 is 17.6 Å². The molecule has 0 spiro atoms. The zero-order valence-electron chi connectivity index (χ0n) is 18.3. The number of hydrogen-bond donors (Lipinski definition) is 0. The molecule has 5 nitrogen and oxygen atoms in total. The van der Waals surface area contributed by atoms with Gasteiger partial charge in [-0.25, -0.2) is 13.4 Å². The van der Waals surface area contributed by atoms with Gasteiger partial charge in [0.1, 0.15) is 10.4 Å². The van der Waals surface area contributed by atoms with E-state index < -0.39 is 14.6 Å². The molecule has 1 saturated heterocycles. The molecule has 2 heterocycles. The zero-order valence-corrected chi connectivity index (χ0v) is 19.9. The van der Waals surface area contributed by atoms with Crippen LogP contribution in [0.15, 0.2) is 21.4 Å². The summed E-state index contributed by atoms with van der Waals surface area (Å²) in [5.74, 6) is 0.494. The van der Waals surface area contributed by atoms with Crippen molar-refractivity contribution >= 4 is 32.5 Å². The van der Waals surface area contributed by atoms with Gasteiger partial charge in [0.25, 0.3) is 0 Å². The van der Waals surface area contributed by atoms with E-state index in [1.54, 1.807) is 19.1 Å². The van der Waals surface area contributed by atoms with E-state index in [0.717, 1.165) is 0 Å². The maximum Gasteiger partial charge on any atom is 0.200 e. The molecule has 28 heavy (non-hydrogen) atoms. The minimum Gasteiger partial charge on any atom is -0.439 e. The minimum absolute atomic E-state index is 0.0501. The van der Waals surface area contributed by atoms with Gasteiger partial charge in [0.15, 0.2) is 15.4 Å². The van der Waals surface area contributed by atoms with Crippen LogP contribution in [0.25, 0.3) is 11.1 Å². The van der Waals surface area contributed by atoms with Gasteiger partial charge in [0, 0.05) is 18.6 Å². The predicted octanol–water partition coefficient (Wildman–Crippen LogP) is 6.17. The second-order valence-electron chi connectivity index (χ2n) is 7.56. The van der Waals surface area contributed by atoms with E-state index in [0.29, 0.717) is 37.5 Å². The van der Waals surface area contributed by atoms with Crippen LogP contribution in [0.5, 0.6) is 0 Å². The van der Waals surface area contributed by atoms with Crippen molar-refractivity contribution in [1.82, 2.24) is 4.98 Å². The molecular weight excluding hydrogens is 398 g/mol. The first kappa shape index (κ1) is 24.9. The Balaban J connectivity index is 0.000000921. The number of hydrogen-bond acceptors (Lipinski definition) is 5. The van der Waals surface area contributed by atoms with Crippen molar-refractivity contribution in [2.75, 3.05) is 13.2 Å². The van der Waals surface area contributed by atoms with Gasteiger partial charge in [-0.15, -0.1) is 0 Å². The van der Waals surface area contributed by atoms with Crippen LogP contribution in [-0.4, -0.2) is 31.4 Å². The van der Waals surface area contributed by atoms with Crippen molar-refractivity contribution in [3.63, 3.8) is 0 Å². The number of oxazole rings is 1. The molecule has 0 atom stereocenters. The van der Waals surface area contributed by atoms with Gasteiger partial charge < -0.3 is 9.15 Å². The zero-order chi connectivity index (χ0) is 21.8. The van der Waals surface area contributed by atoms with Crippen LogP contribution in [0.1, 0.15) is 74.1 Å². The Bertz CT molecular complexity index is 876. The summed E-state index contributed by atoms with van der Waals surface area (Å²) in [4.78, 5) is 4.50. The monoisotopic (exact) mass is 431 g/mol. The Kier molecular flexibility index (Phi) is 8.54. The lowest BCUT2D eigenvalue weighted by Gasteiger charge is -2.33. The summed E-state index contributed by atoms with van der Waals surface area (Å²) in [5.41, 5.74) is 0.438. The minimum atomic E-state index is -3.70. The third kappa shape index (κ3) is 4.71. The molecule has 0 radical (unpaired) electrons. The van der Waals surface area contributed by atoms with E-state index in [1.165, 1.54) is 0 Å². The van der Waals surface area contributed by atoms with Crippen molar-refractivity contribution in [2.24, 2.45) is 0 Å². The van der Waals surface area contributed by atoms with E-state index in [4.69, 9.17) is 20.8 Å². The summed E-state index contributed by atoms with van der Waals surface area (Å²) in [6.07, 6.45) is 0.866. The van der Waals surface area contributed by atoms with Crippen molar-refractivity contribution in [3.8, 4) is 0 Å². The highest BCUT2D eigenvalue weighted by Crippen LogP contribution is 2.41. The highest BCUT2D eigenvalue weighted by atomic mass is 35.5. The first-order chi connectivity index (χ1) is 13.1. The van der Waals surface area contributed by atoms with Crippen LogP contribution in [0, 0.1) is 0 Å². The lowest BCUT2D eigenvalue weighted by molar-refractivity contribution is 0.0789. The molecule has 1 aromatic heterocycles. The first-order valence-electron chi connectivity index (χ1n) is 9.98. The summed E-state index contributed by atoms with van der Waals surface area (Å²) in [6, 6.07) is 3.27. The molecule has 0 unspecified atom stereocenters. The number of aromatic nitrogens is 1. The lowest BCUT2D eigenvalue weighted by atomic mass is 9.97. The highest BCUT2D eigenvalue weighted by Gasteiger charge is 2.44. The number of nitrogens with zero attached hydrogens (tertiary/aromatic N) is 1. The number of benzene rings is 1. The number of halogens is 1. The largest absolute Gasteiger partial charge is 0.439 e. The molecule has 7 heteroatoms. The summed E-state index contributed by atoms with van der Waals surface area (Å²) >= 11 is 6.29. The molecule has 0 N–H and O–H groups in total. The molecule has 1 fully saturated rings. The number of fused-ring (bicyclic) bond motifs is 1. The number of sulfone groups is 1. The van der Waals surface area contributed by atoms with Gasteiger partial charge in [-0.1, -0.05) is 60.1 Å².